The first-order chi connectivity index (χ1) is 7.60. The van der Waals surface area contributed by atoms with Crippen molar-refractivity contribution >= 4 is 14.0 Å². The second-order valence-electron chi connectivity index (χ2n) is 4.23. The Labute approximate surface area is 99.4 Å². The zero-order valence-corrected chi connectivity index (χ0v) is 11.0. The Morgan fingerprint density at radius 1 is 1.06 bits per heavy atom. The summed E-state index contributed by atoms with van der Waals surface area (Å²) in [4.78, 5) is 10.5. The number of rotatable bonds is 10. The summed E-state index contributed by atoms with van der Waals surface area (Å²) in [6.45, 7) is 11.4. The standard InChI is InChI=1S/C13H22O2Si/c1-4-9-16(10-5-2,11-6-3)12-7-8-13(14)15/h4-6H,1-3,7-12H2,(H,14,15). The Morgan fingerprint density at radius 3 is 1.81 bits per heavy atom. The molecule has 0 radical (unpaired) electrons. The maximum atomic E-state index is 10.5. The molecule has 1 N–H and O–H groups in total. The topological polar surface area (TPSA) is 37.3 Å². The van der Waals surface area contributed by atoms with Crippen molar-refractivity contribution in [1.29, 1.82) is 0 Å². The molecule has 0 aliphatic carbocycles. The molecule has 2 nitrogen and oxygen atoms in total. The van der Waals surface area contributed by atoms with E-state index in [0.29, 0.717) is 0 Å². The van der Waals surface area contributed by atoms with Gasteiger partial charge in [-0.05, 0) is 24.6 Å². The summed E-state index contributed by atoms with van der Waals surface area (Å²) in [6.07, 6.45) is 6.90. The zero-order chi connectivity index (χ0) is 12.4. The Balaban J connectivity index is 4.45. The number of hydrogen-bond acceptors (Lipinski definition) is 1. The molecule has 0 unspecified atom stereocenters. The molecule has 0 heterocycles. The van der Waals surface area contributed by atoms with Gasteiger partial charge >= 0.3 is 5.97 Å². The van der Waals surface area contributed by atoms with E-state index in [-0.39, 0.29) is 6.42 Å². The van der Waals surface area contributed by atoms with Crippen molar-refractivity contribution in [2.75, 3.05) is 0 Å². The quantitative estimate of drug-likeness (QED) is 0.463. The third kappa shape index (κ3) is 5.71. The highest BCUT2D eigenvalue weighted by atomic mass is 28.3. The summed E-state index contributed by atoms with van der Waals surface area (Å²) in [5.41, 5.74) is 0. The van der Waals surface area contributed by atoms with Gasteiger partial charge in [0, 0.05) is 6.42 Å². The molecule has 0 bridgehead atoms. The van der Waals surface area contributed by atoms with Crippen LogP contribution in [-0.2, 0) is 4.79 Å². The maximum Gasteiger partial charge on any atom is 0.303 e. The molecule has 0 aromatic rings. The van der Waals surface area contributed by atoms with Crippen LogP contribution in [0.5, 0.6) is 0 Å². The second kappa shape index (κ2) is 8.10. The van der Waals surface area contributed by atoms with Crippen molar-refractivity contribution < 1.29 is 9.90 Å². The van der Waals surface area contributed by atoms with Crippen LogP contribution in [0.25, 0.3) is 0 Å². The Bertz CT molecular complexity index is 232. The number of aliphatic carboxylic acids is 1. The molecule has 0 aromatic carbocycles. The number of hydrogen-bond donors (Lipinski definition) is 1. The van der Waals surface area contributed by atoms with Gasteiger partial charge in [0.05, 0.1) is 8.07 Å². The van der Waals surface area contributed by atoms with E-state index in [4.69, 9.17) is 5.11 Å². The van der Waals surface area contributed by atoms with Crippen molar-refractivity contribution in [3.63, 3.8) is 0 Å². The summed E-state index contributed by atoms with van der Waals surface area (Å²) in [6, 6.07) is 4.07. The zero-order valence-electron chi connectivity index (χ0n) is 9.95. The van der Waals surface area contributed by atoms with Gasteiger partial charge < -0.3 is 5.11 Å². The SMILES string of the molecule is C=CC[Si](CC=C)(CC=C)CCCC(=O)O. The molecule has 90 valence electrons. The number of allylic oxidation sites excluding steroid dienone is 3. The van der Waals surface area contributed by atoms with Crippen LogP contribution in [-0.4, -0.2) is 19.1 Å². The van der Waals surface area contributed by atoms with Gasteiger partial charge in [0.2, 0.25) is 0 Å². The van der Waals surface area contributed by atoms with Gasteiger partial charge in [0.25, 0.3) is 0 Å². The van der Waals surface area contributed by atoms with Crippen LogP contribution >= 0.6 is 0 Å². The van der Waals surface area contributed by atoms with Gasteiger partial charge in [0.1, 0.15) is 0 Å². The van der Waals surface area contributed by atoms with E-state index >= 15 is 0 Å². The van der Waals surface area contributed by atoms with Crippen LogP contribution in [0.2, 0.25) is 24.2 Å². The van der Waals surface area contributed by atoms with Crippen molar-refractivity contribution in [3.05, 3.63) is 38.0 Å². The third-order valence-electron chi connectivity index (χ3n) is 2.83. The first kappa shape index (κ1) is 14.9. The first-order valence-corrected chi connectivity index (χ1v) is 8.47. The Kier molecular flexibility index (Phi) is 7.55. The van der Waals surface area contributed by atoms with E-state index < -0.39 is 14.0 Å². The molecule has 0 saturated heterocycles. The normalized spacial score (nSPS) is 10.8. The molecule has 0 aromatic heterocycles. The van der Waals surface area contributed by atoms with E-state index in [9.17, 15) is 4.79 Å². The lowest BCUT2D eigenvalue weighted by atomic mass is 10.3. The molecule has 0 spiro atoms. The average Bonchev–Trinajstić information content (AvgIpc) is 2.18. The van der Waals surface area contributed by atoms with Gasteiger partial charge in [-0.15, -0.1) is 19.7 Å². The van der Waals surface area contributed by atoms with Crippen molar-refractivity contribution in [1.82, 2.24) is 0 Å². The van der Waals surface area contributed by atoms with Crippen molar-refractivity contribution in [2.24, 2.45) is 0 Å². The van der Waals surface area contributed by atoms with Crippen LogP contribution in [0.4, 0.5) is 0 Å². The van der Waals surface area contributed by atoms with Crippen LogP contribution < -0.4 is 0 Å². The average molecular weight is 238 g/mol. The smallest absolute Gasteiger partial charge is 0.303 e. The Morgan fingerprint density at radius 2 is 1.50 bits per heavy atom. The van der Waals surface area contributed by atoms with Crippen molar-refractivity contribution in [3.8, 4) is 0 Å². The van der Waals surface area contributed by atoms with Gasteiger partial charge in [-0.25, -0.2) is 0 Å². The summed E-state index contributed by atoms with van der Waals surface area (Å²) < 4.78 is 0. The molecular formula is C13H22O2Si. The molecule has 0 amide bonds. The molecule has 0 rings (SSSR count). The molecular weight excluding hydrogens is 216 g/mol. The number of carboxylic acids is 1. The lowest BCUT2D eigenvalue weighted by molar-refractivity contribution is -0.137. The molecule has 0 aliphatic rings. The number of carboxylic acid groups (broad SMARTS) is 1. The van der Waals surface area contributed by atoms with E-state index in [1.54, 1.807) is 0 Å². The van der Waals surface area contributed by atoms with E-state index in [2.05, 4.69) is 19.7 Å². The van der Waals surface area contributed by atoms with Gasteiger partial charge in [-0.3, -0.25) is 4.79 Å². The van der Waals surface area contributed by atoms with E-state index in [1.165, 1.54) is 0 Å². The lowest BCUT2D eigenvalue weighted by Gasteiger charge is -2.28. The molecule has 0 atom stereocenters. The highest BCUT2D eigenvalue weighted by Gasteiger charge is 2.28. The van der Waals surface area contributed by atoms with Gasteiger partial charge in [-0.1, -0.05) is 24.3 Å². The van der Waals surface area contributed by atoms with Crippen molar-refractivity contribution in [2.45, 2.75) is 37.0 Å². The highest BCUT2D eigenvalue weighted by molar-refractivity contribution is 6.81. The van der Waals surface area contributed by atoms with Crippen LogP contribution in [0.1, 0.15) is 12.8 Å². The molecule has 0 fully saturated rings. The molecule has 16 heavy (non-hydrogen) atoms. The maximum absolute atomic E-state index is 10.5. The summed E-state index contributed by atoms with van der Waals surface area (Å²) in [5, 5.41) is 8.65. The van der Waals surface area contributed by atoms with E-state index in [0.717, 1.165) is 30.6 Å². The summed E-state index contributed by atoms with van der Waals surface area (Å²) >= 11 is 0. The fourth-order valence-electron chi connectivity index (χ4n) is 2.09. The minimum Gasteiger partial charge on any atom is -0.481 e. The predicted molar refractivity (Wildman–Crippen MR) is 72.4 cm³/mol. The number of carbonyl (C=O) groups is 1. The van der Waals surface area contributed by atoms with E-state index in [1.807, 2.05) is 18.2 Å². The lowest BCUT2D eigenvalue weighted by Crippen LogP contribution is -2.32. The van der Waals surface area contributed by atoms with Gasteiger partial charge in [-0.2, -0.15) is 0 Å². The van der Waals surface area contributed by atoms with Crippen LogP contribution in [0.3, 0.4) is 0 Å². The molecule has 0 aliphatic heterocycles. The van der Waals surface area contributed by atoms with Crippen LogP contribution in [0, 0.1) is 0 Å². The molecule has 3 heteroatoms. The summed E-state index contributed by atoms with van der Waals surface area (Å²) in [5.74, 6) is -0.710. The van der Waals surface area contributed by atoms with Gasteiger partial charge in [0.15, 0.2) is 0 Å². The third-order valence-corrected chi connectivity index (χ3v) is 7.71. The van der Waals surface area contributed by atoms with Crippen LogP contribution in [0.15, 0.2) is 38.0 Å². The largest absolute Gasteiger partial charge is 0.481 e. The fraction of sp³-hybridized carbons (Fsp3) is 0.462. The highest BCUT2D eigenvalue weighted by Crippen LogP contribution is 2.29. The second-order valence-corrected chi connectivity index (χ2v) is 8.95. The minimum absolute atomic E-state index is 0.264. The monoisotopic (exact) mass is 238 g/mol. The first-order valence-electron chi connectivity index (χ1n) is 5.64. The fourth-order valence-corrected chi connectivity index (χ4v) is 5.97. The minimum atomic E-state index is -1.48. The predicted octanol–water partition coefficient (Wildman–Crippen LogP) is 3.86. The molecule has 0 saturated carbocycles. The Hall–Kier alpha value is -1.09. The summed E-state index contributed by atoms with van der Waals surface area (Å²) in [7, 11) is -1.48.